The standard InChI is InChI=1S/C32H47N3O2/c1-7-14-28(23(3)8-2)30-17-11-9-10-16-29(30)24(4)15-12-13-20-35-21-18-27(19-22-35)34-32(37)31(25(5)33)26(6)36/h7-11,14,17,24,27,33,36H,2,12-13,15-16,18-22H2,1,3-6H3,(H,34,37)/b14-7-,28-23+,31-26+,33-25?. The number of aliphatic hydroxyl groups excluding tert-OH is 1. The smallest absolute Gasteiger partial charge is 0.256 e. The Morgan fingerprint density at radius 2 is 1.95 bits per heavy atom. The summed E-state index contributed by atoms with van der Waals surface area (Å²) in [6.45, 7) is 16.5. The second-order valence-corrected chi connectivity index (χ2v) is 10.3. The molecule has 0 aromatic carbocycles. The molecule has 37 heavy (non-hydrogen) atoms. The SMILES string of the molecule is C=C/C(C)=C(\C=C/C)C1=C(C(C)CCCCN2CCC(NC(=O)/C(C(C)=N)=C(\C)O)CC2)CC=CC=C1. The zero-order valence-electron chi connectivity index (χ0n) is 23.6. The van der Waals surface area contributed by atoms with E-state index in [1.165, 1.54) is 55.4 Å². The van der Waals surface area contributed by atoms with Crippen LogP contribution in [0.3, 0.4) is 0 Å². The van der Waals surface area contributed by atoms with E-state index in [2.05, 4.69) is 74.0 Å². The summed E-state index contributed by atoms with van der Waals surface area (Å²) in [5.41, 5.74) is 5.49. The number of hydrogen-bond acceptors (Lipinski definition) is 4. The van der Waals surface area contributed by atoms with Crippen molar-refractivity contribution < 1.29 is 9.90 Å². The molecule has 0 bridgehead atoms. The van der Waals surface area contributed by atoms with Gasteiger partial charge in [0.1, 0.15) is 5.76 Å². The maximum Gasteiger partial charge on any atom is 0.256 e. The molecule has 1 atom stereocenters. The van der Waals surface area contributed by atoms with Gasteiger partial charge in [0.2, 0.25) is 0 Å². The highest BCUT2D eigenvalue weighted by Crippen LogP contribution is 2.32. The minimum Gasteiger partial charge on any atom is -0.512 e. The maximum absolute atomic E-state index is 12.5. The lowest BCUT2D eigenvalue weighted by Crippen LogP contribution is -2.45. The number of nitrogens with zero attached hydrogens (tertiary/aromatic N) is 1. The first-order valence-corrected chi connectivity index (χ1v) is 13.7. The van der Waals surface area contributed by atoms with Crippen LogP contribution in [0, 0.1) is 11.3 Å². The van der Waals surface area contributed by atoms with Gasteiger partial charge in [-0.15, -0.1) is 0 Å². The molecule has 2 aliphatic rings. The third-order valence-electron chi connectivity index (χ3n) is 7.39. The van der Waals surface area contributed by atoms with E-state index in [1.807, 2.05) is 6.08 Å². The van der Waals surface area contributed by atoms with E-state index < -0.39 is 0 Å². The Balaban J connectivity index is 1.87. The van der Waals surface area contributed by atoms with Crippen LogP contribution in [0.1, 0.15) is 73.1 Å². The van der Waals surface area contributed by atoms with Gasteiger partial charge in [0.05, 0.1) is 5.57 Å². The molecule has 0 radical (unpaired) electrons. The molecule has 202 valence electrons. The lowest BCUT2D eigenvalue weighted by atomic mass is 9.85. The van der Waals surface area contributed by atoms with Crippen molar-refractivity contribution in [2.45, 2.75) is 79.2 Å². The summed E-state index contributed by atoms with van der Waals surface area (Å²) in [6.07, 6.45) is 21.4. The Morgan fingerprint density at radius 3 is 2.54 bits per heavy atom. The maximum atomic E-state index is 12.5. The van der Waals surface area contributed by atoms with E-state index >= 15 is 0 Å². The summed E-state index contributed by atoms with van der Waals surface area (Å²) < 4.78 is 0. The Bertz CT molecular complexity index is 1010. The molecule has 5 nitrogen and oxygen atoms in total. The third kappa shape index (κ3) is 9.15. The van der Waals surface area contributed by atoms with E-state index in [1.54, 1.807) is 0 Å². The van der Waals surface area contributed by atoms with Crippen LogP contribution < -0.4 is 5.32 Å². The number of piperidine rings is 1. The predicted octanol–water partition coefficient (Wildman–Crippen LogP) is 7.14. The molecule has 3 N–H and O–H groups in total. The topological polar surface area (TPSA) is 76.4 Å². The molecule has 1 saturated heterocycles. The van der Waals surface area contributed by atoms with Gasteiger partial charge in [-0.2, -0.15) is 0 Å². The second-order valence-electron chi connectivity index (χ2n) is 10.3. The first kappa shape index (κ1) is 30.3. The monoisotopic (exact) mass is 505 g/mol. The molecule has 0 saturated carbocycles. The van der Waals surface area contributed by atoms with Crippen molar-refractivity contribution in [1.82, 2.24) is 10.2 Å². The molecule has 1 fully saturated rings. The van der Waals surface area contributed by atoms with Crippen molar-refractivity contribution in [3.63, 3.8) is 0 Å². The molecule has 1 amide bonds. The molecule has 5 heteroatoms. The highest BCUT2D eigenvalue weighted by molar-refractivity contribution is 6.19. The normalized spacial score (nSPS) is 19.4. The van der Waals surface area contributed by atoms with Crippen LogP contribution in [0.2, 0.25) is 0 Å². The van der Waals surface area contributed by atoms with Crippen LogP contribution in [0.15, 0.2) is 82.7 Å². The number of hydrogen-bond donors (Lipinski definition) is 3. The molecule has 1 unspecified atom stereocenters. The van der Waals surface area contributed by atoms with E-state index in [0.717, 1.165) is 38.9 Å². The van der Waals surface area contributed by atoms with Crippen LogP contribution in [-0.2, 0) is 4.79 Å². The van der Waals surface area contributed by atoms with E-state index in [9.17, 15) is 9.90 Å². The van der Waals surface area contributed by atoms with Gasteiger partial charge in [-0.05, 0) is 89.0 Å². The average Bonchev–Trinajstić information content (AvgIpc) is 3.11. The number of likely N-dealkylation sites (tertiary alicyclic amines) is 1. The molecule has 1 heterocycles. The Morgan fingerprint density at radius 1 is 1.24 bits per heavy atom. The summed E-state index contributed by atoms with van der Waals surface area (Å²) in [6, 6.07) is 0.0950. The number of carbonyl (C=O) groups excluding carboxylic acids is 1. The van der Waals surface area contributed by atoms with Crippen LogP contribution in [-0.4, -0.2) is 47.3 Å². The molecular formula is C32H47N3O2. The van der Waals surface area contributed by atoms with Gasteiger partial charge in [0, 0.05) is 24.8 Å². The van der Waals surface area contributed by atoms with Gasteiger partial charge < -0.3 is 20.7 Å². The van der Waals surface area contributed by atoms with Crippen LogP contribution >= 0.6 is 0 Å². The largest absolute Gasteiger partial charge is 0.512 e. The lowest BCUT2D eigenvalue weighted by Gasteiger charge is -2.32. The van der Waals surface area contributed by atoms with Crippen molar-refractivity contribution in [2.24, 2.45) is 5.92 Å². The fraction of sp³-hybridized carbons (Fsp3) is 0.500. The number of nitrogens with one attached hydrogen (secondary N) is 2. The summed E-state index contributed by atoms with van der Waals surface area (Å²) in [7, 11) is 0. The predicted molar refractivity (Wildman–Crippen MR) is 157 cm³/mol. The van der Waals surface area contributed by atoms with Crippen molar-refractivity contribution in [1.29, 1.82) is 5.41 Å². The fourth-order valence-corrected chi connectivity index (χ4v) is 5.21. The van der Waals surface area contributed by atoms with Crippen molar-refractivity contribution in [2.75, 3.05) is 19.6 Å². The number of amides is 1. The van der Waals surface area contributed by atoms with Gasteiger partial charge in [0.15, 0.2) is 0 Å². The minimum absolute atomic E-state index is 0.0856. The number of rotatable bonds is 12. The zero-order chi connectivity index (χ0) is 27.4. The highest BCUT2D eigenvalue weighted by atomic mass is 16.3. The van der Waals surface area contributed by atoms with Crippen molar-refractivity contribution in [3.05, 3.63) is 82.7 Å². The Labute approximate surface area is 224 Å². The van der Waals surface area contributed by atoms with Crippen molar-refractivity contribution >= 4 is 11.6 Å². The van der Waals surface area contributed by atoms with Gasteiger partial charge in [-0.3, -0.25) is 4.79 Å². The van der Waals surface area contributed by atoms with Crippen LogP contribution in [0.4, 0.5) is 0 Å². The number of aliphatic hydroxyl groups is 1. The summed E-state index contributed by atoms with van der Waals surface area (Å²) >= 11 is 0. The quantitative estimate of drug-likeness (QED) is 0.0867. The minimum atomic E-state index is -0.340. The Hall–Kier alpha value is -2.92. The summed E-state index contributed by atoms with van der Waals surface area (Å²) in [5, 5.41) is 20.5. The highest BCUT2D eigenvalue weighted by Gasteiger charge is 2.23. The number of unbranched alkanes of at least 4 members (excludes halogenated alkanes) is 1. The molecule has 0 aromatic rings. The summed E-state index contributed by atoms with van der Waals surface area (Å²) in [4.78, 5) is 14.9. The van der Waals surface area contributed by atoms with Gasteiger partial charge in [-0.25, -0.2) is 0 Å². The first-order valence-electron chi connectivity index (χ1n) is 13.7. The lowest BCUT2D eigenvalue weighted by molar-refractivity contribution is -0.118. The van der Waals surface area contributed by atoms with E-state index in [4.69, 9.17) is 5.41 Å². The number of carbonyl (C=O) groups is 1. The van der Waals surface area contributed by atoms with Crippen LogP contribution in [0.25, 0.3) is 0 Å². The van der Waals surface area contributed by atoms with Gasteiger partial charge in [-0.1, -0.05) is 68.0 Å². The average molecular weight is 506 g/mol. The summed E-state index contributed by atoms with van der Waals surface area (Å²) in [5.74, 6) is 0.0728. The fourth-order valence-electron chi connectivity index (χ4n) is 5.21. The Kier molecular flexibility index (Phi) is 12.6. The van der Waals surface area contributed by atoms with Crippen molar-refractivity contribution in [3.8, 4) is 0 Å². The zero-order valence-corrected chi connectivity index (χ0v) is 23.6. The molecular weight excluding hydrogens is 458 g/mol. The van der Waals surface area contributed by atoms with Crippen LogP contribution in [0.5, 0.6) is 0 Å². The van der Waals surface area contributed by atoms with E-state index in [0.29, 0.717) is 5.92 Å². The third-order valence-corrected chi connectivity index (χ3v) is 7.39. The van der Waals surface area contributed by atoms with Gasteiger partial charge >= 0.3 is 0 Å². The number of allylic oxidation sites excluding steroid dienone is 12. The molecule has 1 aliphatic heterocycles. The molecule has 0 spiro atoms. The molecule has 0 aromatic heterocycles. The first-order chi connectivity index (χ1) is 17.7. The van der Waals surface area contributed by atoms with Gasteiger partial charge in [0.25, 0.3) is 5.91 Å². The molecule has 2 rings (SSSR count). The molecule has 1 aliphatic carbocycles. The second kappa shape index (κ2) is 15.4. The van der Waals surface area contributed by atoms with E-state index in [-0.39, 0.29) is 29.0 Å².